The fourth-order valence-electron chi connectivity index (χ4n) is 1.58. The number of amides is 1. The van der Waals surface area contributed by atoms with Gasteiger partial charge in [-0.3, -0.25) is 14.9 Å². The van der Waals surface area contributed by atoms with Crippen molar-refractivity contribution in [3.63, 3.8) is 0 Å². The van der Waals surface area contributed by atoms with Crippen molar-refractivity contribution >= 4 is 12.2 Å². The summed E-state index contributed by atoms with van der Waals surface area (Å²) in [5, 5.41) is 12.9. The fourth-order valence-corrected chi connectivity index (χ4v) is 1.58. The molecule has 18 heavy (non-hydrogen) atoms. The first-order valence-corrected chi connectivity index (χ1v) is 5.94. The van der Waals surface area contributed by atoms with Gasteiger partial charge in [0, 0.05) is 11.8 Å². The number of nitrogens with one attached hydrogen (secondary N) is 1. The molecule has 0 rings (SSSR count). The molecule has 0 spiro atoms. The second kappa shape index (κ2) is 8.57. The monoisotopic (exact) mass is 260 g/mol. The molecule has 0 aromatic heterocycles. The first-order chi connectivity index (χ1) is 8.44. The Morgan fingerprint density at radius 2 is 2.00 bits per heavy atom. The van der Waals surface area contributed by atoms with Gasteiger partial charge in [0.1, 0.15) is 12.1 Å². The Hall–Kier alpha value is -1.50. The molecule has 104 valence electrons. The van der Waals surface area contributed by atoms with E-state index in [2.05, 4.69) is 5.32 Å². The van der Waals surface area contributed by atoms with Crippen LogP contribution in [0.15, 0.2) is 0 Å². The summed E-state index contributed by atoms with van der Waals surface area (Å²) in [6, 6.07) is -0.935. The zero-order chi connectivity index (χ0) is 14.1. The predicted octanol–water partition coefficient (Wildman–Crippen LogP) is 0.540. The Labute approximate surface area is 106 Å². The van der Waals surface area contributed by atoms with Crippen molar-refractivity contribution in [3.05, 3.63) is 10.1 Å². The molecule has 0 saturated carbocycles. The van der Waals surface area contributed by atoms with Gasteiger partial charge in [-0.1, -0.05) is 13.8 Å². The number of rotatable bonds is 9. The molecule has 0 unspecified atom stereocenters. The van der Waals surface area contributed by atoms with E-state index in [1.807, 2.05) is 13.8 Å². The number of ether oxygens (including phenoxy) is 1. The van der Waals surface area contributed by atoms with Crippen molar-refractivity contribution in [2.45, 2.75) is 51.9 Å². The molecule has 0 aliphatic heterocycles. The third kappa shape index (κ3) is 6.29. The van der Waals surface area contributed by atoms with Crippen LogP contribution in [-0.4, -0.2) is 41.9 Å². The average Bonchev–Trinajstić information content (AvgIpc) is 2.28. The molecule has 0 bridgehead atoms. The minimum absolute atomic E-state index is 0.150. The largest absolute Gasteiger partial charge is 0.365 e. The summed E-state index contributed by atoms with van der Waals surface area (Å²) >= 11 is 0. The molecule has 1 amide bonds. The van der Waals surface area contributed by atoms with Gasteiger partial charge in [0.15, 0.2) is 6.29 Å². The number of nitro groups is 1. The molecule has 0 aliphatic carbocycles. The maximum absolute atomic E-state index is 11.0. The van der Waals surface area contributed by atoms with Crippen molar-refractivity contribution < 1.29 is 19.2 Å². The fraction of sp³-hybridized carbons (Fsp3) is 0.818. The van der Waals surface area contributed by atoms with Crippen LogP contribution >= 0.6 is 0 Å². The molecule has 7 nitrogen and oxygen atoms in total. The lowest BCUT2D eigenvalue weighted by atomic mass is 10.1. The summed E-state index contributed by atoms with van der Waals surface area (Å²) < 4.78 is 5.47. The predicted molar refractivity (Wildman–Crippen MR) is 64.8 cm³/mol. The second-order valence-electron chi connectivity index (χ2n) is 4.00. The highest BCUT2D eigenvalue weighted by Gasteiger charge is 2.29. The van der Waals surface area contributed by atoms with Crippen LogP contribution in [0.5, 0.6) is 0 Å². The van der Waals surface area contributed by atoms with E-state index >= 15 is 0 Å². The molecule has 7 heteroatoms. The van der Waals surface area contributed by atoms with Gasteiger partial charge < -0.3 is 14.8 Å². The van der Waals surface area contributed by atoms with E-state index in [0.29, 0.717) is 19.1 Å². The zero-order valence-corrected chi connectivity index (χ0v) is 10.9. The first-order valence-electron chi connectivity index (χ1n) is 5.94. The van der Waals surface area contributed by atoms with E-state index in [9.17, 15) is 19.7 Å². The van der Waals surface area contributed by atoms with Gasteiger partial charge >= 0.3 is 0 Å². The highest BCUT2D eigenvalue weighted by Crippen LogP contribution is 2.09. The zero-order valence-electron chi connectivity index (χ0n) is 10.9. The third-order valence-corrected chi connectivity index (χ3v) is 2.53. The third-order valence-electron chi connectivity index (χ3n) is 2.53. The molecule has 0 aromatic rings. The smallest absolute Gasteiger partial charge is 0.226 e. The van der Waals surface area contributed by atoms with Gasteiger partial charge in [-0.25, -0.2) is 0 Å². The standard InChI is InChI=1S/C11H20N2O5/c1-4-9(5-2)18-11(7-14)10(6-13(16)17)12-8(3)15/h7,9-11H,4-6H2,1-3H3,(H,12,15)/t10-,11+/m1/s1. The SMILES string of the molecule is CCC(CC)O[C@@H](C=O)[C@@H](C[N+](=O)[O-])NC(C)=O. The summed E-state index contributed by atoms with van der Waals surface area (Å²) in [6.07, 6.45) is 0.757. The summed E-state index contributed by atoms with van der Waals surface area (Å²) in [5.74, 6) is -0.429. The van der Waals surface area contributed by atoms with Crippen LogP contribution < -0.4 is 5.32 Å². The summed E-state index contributed by atoms with van der Waals surface area (Å²) in [7, 11) is 0. The number of carbonyl (C=O) groups excluding carboxylic acids is 2. The Bertz CT molecular complexity index is 275. The van der Waals surface area contributed by atoms with E-state index < -0.39 is 29.5 Å². The van der Waals surface area contributed by atoms with Crippen LogP contribution in [0.4, 0.5) is 0 Å². The summed E-state index contributed by atoms with van der Waals surface area (Å²) in [5.41, 5.74) is 0. The number of hydrogen-bond acceptors (Lipinski definition) is 5. The van der Waals surface area contributed by atoms with Crippen molar-refractivity contribution in [3.8, 4) is 0 Å². The number of nitrogens with zero attached hydrogens (tertiary/aromatic N) is 1. The molecule has 0 heterocycles. The molecule has 0 radical (unpaired) electrons. The average molecular weight is 260 g/mol. The van der Waals surface area contributed by atoms with Gasteiger partial charge in [0.2, 0.25) is 12.5 Å². The van der Waals surface area contributed by atoms with Crippen molar-refractivity contribution in [1.82, 2.24) is 5.32 Å². The van der Waals surface area contributed by atoms with E-state index in [1.54, 1.807) is 0 Å². The molecular formula is C11H20N2O5. The van der Waals surface area contributed by atoms with Crippen LogP contribution in [0.25, 0.3) is 0 Å². The van der Waals surface area contributed by atoms with Crippen LogP contribution in [0.3, 0.4) is 0 Å². The highest BCUT2D eigenvalue weighted by atomic mass is 16.6. The maximum Gasteiger partial charge on any atom is 0.226 e. The lowest BCUT2D eigenvalue weighted by Gasteiger charge is -2.24. The van der Waals surface area contributed by atoms with E-state index in [4.69, 9.17) is 4.74 Å². The van der Waals surface area contributed by atoms with Gasteiger partial charge in [0.05, 0.1) is 6.10 Å². The van der Waals surface area contributed by atoms with Crippen LogP contribution in [-0.2, 0) is 14.3 Å². The quantitative estimate of drug-likeness (QED) is 0.370. The van der Waals surface area contributed by atoms with Crippen LogP contribution in [0, 0.1) is 10.1 Å². The topological polar surface area (TPSA) is 98.5 Å². The molecule has 2 atom stereocenters. The number of carbonyl (C=O) groups is 2. The lowest BCUT2D eigenvalue weighted by molar-refractivity contribution is -0.485. The molecule has 0 aromatic carbocycles. The van der Waals surface area contributed by atoms with Gasteiger partial charge in [0.25, 0.3) is 0 Å². The van der Waals surface area contributed by atoms with Gasteiger partial charge in [-0.15, -0.1) is 0 Å². The van der Waals surface area contributed by atoms with E-state index in [1.165, 1.54) is 6.92 Å². The van der Waals surface area contributed by atoms with Gasteiger partial charge in [-0.2, -0.15) is 0 Å². The van der Waals surface area contributed by atoms with Crippen LogP contribution in [0.1, 0.15) is 33.6 Å². The van der Waals surface area contributed by atoms with Crippen molar-refractivity contribution in [2.24, 2.45) is 0 Å². The lowest BCUT2D eigenvalue weighted by Crippen LogP contribution is -2.49. The Morgan fingerprint density at radius 3 is 2.33 bits per heavy atom. The van der Waals surface area contributed by atoms with E-state index in [0.717, 1.165) is 0 Å². The molecule has 1 N–H and O–H groups in total. The Kier molecular flexibility index (Phi) is 7.86. The number of aldehydes is 1. The van der Waals surface area contributed by atoms with Crippen molar-refractivity contribution in [1.29, 1.82) is 0 Å². The molecular weight excluding hydrogens is 240 g/mol. The summed E-state index contributed by atoms with van der Waals surface area (Å²) in [6.45, 7) is 4.50. The van der Waals surface area contributed by atoms with E-state index in [-0.39, 0.29) is 6.10 Å². The molecule has 0 fully saturated rings. The Balaban J connectivity index is 4.72. The normalized spacial score (nSPS) is 14.0. The minimum Gasteiger partial charge on any atom is -0.365 e. The Morgan fingerprint density at radius 1 is 1.44 bits per heavy atom. The molecule has 0 aliphatic rings. The van der Waals surface area contributed by atoms with Crippen molar-refractivity contribution in [2.75, 3.05) is 6.54 Å². The minimum atomic E-state index is -0.996. The van der Waals surface area contributed by atoms with Gasteiger partial charge in [-0.05, 0) is 12.8 Å². The summed E-state index contributed by atoms with van der Waals surface area (Å²) in [4.78, 5) is 31.9. The maximum atomic E-state index is 11.0. The number of hydrogen-bond donors (Lipinski definition) is 1. The first kappa shape index (κ1) is 16.5. The second-order valence-corrected chi connectivity index (χ2v) is 4.00. The van der Waals surface area contributed by atoms with Crippen LogP contribution in [0.2, 0.25) is 0 Å². The molecule has 0 saturated heterocycles. The highest BCUT2D eigenvalue weighted by molar-refractivity contribution is 5.74.